The van der Waals surface area contributed by atoms with Gasteiger partial charge >= 0.3 is 0 Å². The Labute approximate surface area is 62.4 Å². The van der Waals surface area contributed by atoms with Gasteiger partial charge in [-0.15, -0.1) is 0 Å². The molecule has 0 bridgehead atoms. The highest BCUT2D eigenvalue weighted by Crippen LogP contribution is 2.28. The molecular weight excluding hydrogens is 126 g/mol. The summed E-state index contributed by atoms with van der Waals surface area (Å²) in [6, 6.07) is 0. The Bertz CT molecular complexity index is 89.3. The van der Waals surface area contributed by atoms with Gasteiger partial charge in [-0.25, -0.2) is 0 Å². The zero-order valence-electron chi connectivity index (χ0n) is 6.42. The molecule has 3 N–H and O–H groups in total. The van der Waals surface area contributed by atoms with Crippen molar-refractivity contribution < 1.29 is 5.11 Å². The van der Waals surface area contributed by atoms with Gasteiger partial charge in [-0.1, -0.05) is 12.8 Å². The van der Waals surface area contributed by atoms with Crippen LogP contribution in [-0.2, 0) is 0 Å². The standard InChI is InChI=1S/C8H17NO/c9-6-5-8(10)7-3-1-2-4-7/h7-8,10H,1-6,9H2. The third-order valence-electron chi connectivity index (χ3n) is 2.41. The number of hydrogen-bond acceptors (Lipinski definition) is 2. The van der Waals surface area contributed by atoms with Crippen molar-refractivity contribution in [2.24, 2.45) is 11.7 Å². The largest absolute Gasteiger partial charge is 0.393 e. The summed E-state index contributed by atoms with van der Waals surface area (Å²) < 4.78 is 0. The smallest absolute Gasteiger partial charge is 0.0580 e. The molecule has 2 nitrogen and oxygen atoms in total. The average molecular weight is 143 g/mol. The molecule has 0 saturated heterocycles. The first-order valence-corrected chi connectivity index (χ1v) is 4.22. The van der Waals surface area contributed by atoms with E-state index in [1.165, 1.54) is 25.7 Å². The Kier molecular flexibility index (Phi) is 3.16. The minimum absolute atomic E-state index is 0.118. The number of rotatable bonds is 3. The lowest BCUT2D eigenvalue weighted by molar-refractivity contribution is 0.104. The zero-order valence-corrected chi connectivity index (χ0v) is 6.42. The van der Waals surface area contributed by atoms with Gasteiger partial charge in [0.15, 0.2) is 0 Å². The molecule has 0 heterocycles. The summed E-state index contributed by atoms with van der Waals surface area (Å²) in [5, 5.41) is 9.47. The average Bonchev–Trinajstić information content (AvgIpc) is 2.38. The van der Waals surface area contributed by atoms with E-state index in [9.17, 15) is 5.11 Å². The quantitative estimate of drug-likeness (QED) is 0.616. The summed E-state index contributed by atoms with van der Waals surface area (Å²) >= 11 is 0. The highest BCUT2D eigenvalue weighted by molar-refractivity contribution is 4.74. The fourth-order valence-corrected chi connectivity index (χ4v) is 1.75. The van der Waals surface area contributed by atoms with Crippen molar-refractivity contribution in [2.75, 3.05) is 6.54 Å². The molecular formula is C8H17NO. The van der Waals surface area contributed by atoms with Crippen molar-refractivity contribution in [2.45, 2.75) is 38.2 Å². The van der Waals surface area contributed by atoms with Crippen LogP contribution in [0.25, 0.3) is 0 Å². The van der Waals surface area contributed by atoms with Crippen molar-refractivity contribution in [3.8, 4) is 0 Å². The molecule has 0 aromatic carbocycles. The molecule has 10 heavy (non-hydrogen) atoms. The van der Waals surface area contributed by atoms with E-state index in [0.717, 1.165) is 6.42 Å². The van der Waals surface area contributed by atoms with Crippen LogP contribution in [0.15, 0.2) is 0 Å². The van der Waals surface area contributed by atoms with Gasteiger partial charge in [0, 0.05) is 0 Å². The summed E-state index contributed by atoms with van der Waals surface area (Å²) in [4.78, 5) is 0. The lowest BCUT2D eigenvalue weighted by Gasteiger charge is -2.15. The number of aliphatic hydroxyl groups excluding tert-OH is 1. The molecule has 0 aliphatic heterocycles. The summed E-state index contributed by atoms with van der Waals surface area (Å²) in [6.45, 7) is 0.623. The first-order valence-electron chi connectivity index (χ1n) is 4.22. The molecule has 1 rings (SSSR count). The molecule has 0 radical (unpaired) electrons. The Morgan fingerprint density at radius 2 is 2.00 bits per heavy atom. The minimum Gasteiger partial charge on any atom is -0.393 e. The van der Waals surface area contributed by atoms with E-state index in [2.05, 4.69) is 0 Å². The molecule has 1 aliphatic rings. The lowest BCUT2D eigenvalue weighted by atomic mass is 9.98. The number of nitrogens with two attached hydrogens (primary N) is 1. The van der Waals surface area contributed by atoms with E-state index >= 15 is 0 Å². The monoisotopic (exact) mass is 143 g/mol. The summed E-state index contributed by atoms with van der Waals surface area (Å²) in [6.07, 6.45) is 5.68. The third kappa shape index (κ3) is 1.96. The Balaban J connectivity index is 2.18. The van der Waals surface area contributed by atoms with Crippen LogP contribution < -0.4 is 5.73 Å². The molecule has 1 fully saturated rings. The molecule has 0 amide bonds. The molecule has 0 aromatic rings. The minimum atomic E-state index is -0.118. The zero-order chi connectivity index (χ0) is 7.40. The first kappa shape index (κ1) is 8.02. The number of aliphatic hydroxyl groups is 1. The summed E-state index contributed by atoms with van der Waals surface area (Å²) in [5.41, 5.74) is 5.34. The Hall–Kier alpha value is -0.0800. The van der Waals surface area contributed by atoms with Gasteiger partial charge in [0.05, 0.1) is 6.10 Å². The van der Waals surface area contributed by atoms with E-state index in [-0.39, 0.29) is 6.10 Å². The molecule has 1 aliphatic carbocycles. The summed E-state index contributed by atoms with van der Waals surface area (Å²) in [5.74, 6) is 0.559. The Morgan fingerprint density at radius 1 is 1.40 bits per heavy atom. The van der Waals surface area contributed by atoms with Gasteiger partial charge in [-0.3, -0.25) is 0 Å². The maximum absolute atomic E-state index is 9.47. The maximum Gasteiger partial charge on any atom is 0.0580 e. The fraction of sp³-hybridized carbons (Fsp3) is 1.00. The van der Waals surface area contributed by atoms with E-state index in [0.29, 0.717) is 12.5 Å². The van der Waals surface area contributed by atoms with Crippen LogP contribution in [0.2, 0.25) is 0 Å². The second-order valence-electron chi connectivity index (χ2n) is 3.19. The van der Waals surface area contributed by atoms with E-state index in [1.807, 2.05) is 0 Å². The van der Waals surface area contributed by atoms with Crippen molar-refractivity contribution in [3.63, 3.8) is 0 Å². The van der Waals surface area contributed by atoms with Crippen molar-refractivity contribution in [1.29, 1.82) is 0 Å². The van der Waals surface area contributed by atoms with Gasteiger partial charge in [-0.05, 0) is 31.7 Å². The van der Waals surface area contributed by atoms with Gasteiger partial charge in [0.1, 0.15) is 0 Å². The topological polar surface area (TPSA) is 46.2 Å². The molecule has 0 aromatic heterocycles. The van der Waals surface area contributed by atoms with Gasteiger partial charge in [0.2, 0.25) is 0 Å². The second kappa shape index (κ2) is 3.94. The highest BCUT2D eigenvalue weighted by Gasteiger charge is 2.21. The van der Waals surface area contributed by atoms with Crippen LogP contribution in [0.3, 0.4) is 0 Å². The van der Waals surface area contributed by atoms with E-state index in [1.54, 1.807) is 0 Å². The second-order valence-corrected chi connectivity index (χ2v) is 3.19. The van der Waals surface area contributed by atoms with Crippen molar-refractivity contribution in [1.82, 2.24) is 0 Å². The van der Waals surface area contributed by atoms with Gasteiger partial charge in [-0.2, -0.15) is 0 Å². The van der Waals surface area contributed by atoms with Crippen LogP contribution in [0.1, 0.15) is 32.1 Å². The first-order chi connectivity index (χ1) is 4.84. The van der Waals surface area contributed by atoms with Crippen LogP contribution in [0, 0.1) is 5.92 Å². The Morgan fingerprint density at radius 3 is 2.50 bits per heavy atom. The van der Waals surface area contributed by atoms with Crippen LogP contribution in [-0.4, -0.2) is 17.8 Å². The highest BCUT2D eigenvalue weighted by atomic mass is 16.3. The molecule has 2 heteroatoms. The van der Waals surface area contributed by atoms with Crippen LogP contribution >= 0.6 is 0 Å². The van der Waals surface area contributed by atoms with Crippen LogP contribution in [0.4, 0.5) is 0 Å². The maximum atomic E-state index is 9.47. The van der Waals surface area contributed by atoms with E-state index < -0.39 is 0 Å². The van der Waals surface area contributed by atoms with Crippen molar-refractivity contribution in [3.05, 3.63) is 0 Å². The SMILES string of the molecule is NCCC(O)C1CCCC1. The lowest BCUT2D eigenvalue weighted by Crippen LogP contribution is -2.21. The summed E-state index contributed by atoms with van der Waals surface area (Å²) in [7, 11) is 0. The molecule has 1 saturated carbocycles. The van der Waals surface area contributed by atoms with Gasteiger partial charge < -0.3 is 10.8 Å². The third-order valence-corrected chi connectivity index (χ3v) is 2.41. The van der Waals surface area contributed by atoms with Crippen LogP contribution in [0.5, 0.6) is 0 Å². The molecule has 0 spiro atoms. The normalized spacial score (nSPS) is 23.4. The fourth-order valence-electron chi connectivity index (χ4n) is 1.75. The predicted octanol–water partition coefficient (Wildman–Crippen LogP) is 0.886. The number of hydrogen-bond donors (Lipinski definition) is 2. The predicted molar refractivity (Wildman–Crippen MR) is 41.6 cm³/mol. The van der Waals surface area contributed by atoms with Crippen molar-refractivity contribution >= 4 is 0 Å². The molecule has 1 unspecified atom stereocenters. The molecule has 60 valence electrons. The van der Waals surface area contributed by atoms with Gasteiger partial charge in [0.25, 0.3) is 0 Å². The van der Waals surface area contributed by atoms with E-state index in [4.69, 9.17) is 5.73 Å². The molecule has 1 atom stereocenters.